The number of aliphatic hydroxyl groups excluding tert-OH is 1. The predicted molar refractivity (Wildman–Crippen MR) is 68.4 cm³/mol. The molecule has 4 heteroatoms. The molecule has 1 aromatic rings. The molecule has 0 saturated heterocycles. The molecule has 0 fully saturated rings. The summed E-state index contributed by atoms with van der Waals surface area (Å²) in [5.74, 6) is 1.16. The third-order valence-electron chi connectivity index (χ3n) is 2.58. The molecule has 1 aromatic carbocycles. The number of nitrogen functional groups attached to an aromatic ring is 1. The van der Waals surface area contributed by atoms with Gasteiger partial charge in [0.15, 0.2) is 11.5 Å². The van der Waals surface area contributed by atoms with Gasteiger partial charge in [-0.3, -0.25) is 0 Å². The quantitative estimate of drug-likeness (QED) is 0.789. The fraction of sp³-hybridized carbons (Fsp3) is 0.538. The summed E-state index contributed by atoms with van der Waals surface area (Å²) in [6.07, 6.45) is -0.537. The molecule has 1 rings (SSSR count). The summed E-state index contributed by atoms with van der Waals surface area (Å²) in [5, 5.41) is 9.87. The van der Waals surface area contributed by atoms with Crippen LogP contribution in [0.15, 0.2) is 18.2 Å². The van der Waals surface area contributed by atoms with E-state index in [-0.39, 0.29) is 12.0 Å². The summed E-state index contributed by atoms with van der Waals surface area (Å²) in [5.41, 5.74) is 6.05. The van der Waals surface area contributed by atoms with Crippen molar-refractivity contribution < 1.29 is 14.6 Å². The summed E-state index contributed by atoms with van der Waals surface area (Å²) in [6, 6.07) is 5.17. The molecule has 0 saturated carbocycles. The lowest BCUT2D eigenvalue weighted by molar-refractivity contribution is 0.0211. The molecule has 1 atom stereocenters. The van der Waals surface area contributed by atoms with E-state index in [1.54, 1.807) is 25.3 Å². The van der Waals surface area contributed by atoms with E-state index in [1.807, 2.05) is 20.8 Å². The van der Waals surface area contributed by atoms with Crippen molar-refractivity contribution in [2.24, 2.45) is 5.41 Å². The maximum atomic E-state index is 9.87. The maximum Gasteiger partial charge on any atom is 0.162 e. The third kappa shape index (κ3) is 3.82. The van der Waals surface area contributed by atoms with E-state index in [2.05, 4.69) is 0 Å². The highest BCUT2D eigenvalue weighted by molar-refractivity contribution is 5.51. The number of methoxy groups -OCH3 is 1. The van der Waals surface area contributed by atoms with E-state index in [4.69, 9.17) is 15.2 Å². The molecule has 3 N–H and O–H groups in total. The molecule has 17 heavy (non-hydrogen) atoms. The summed E-state index contributed by atoms with van der Waals surface area (Å²) in [7, 11) is 1.56. The number of hydrogen-bond donors (Lipinski definition) is 2. The van der Waals surface area contributed by atoms with Crippen molar-refractivity contribution >= 4 is 5.69 Å². The number of nitrogens with two attached hydrogens (primary N) is 1. The maximum absolute atomic E-state index is 9.87. The number of aliphatic hydroxyl groups is 1. The Morgan fingerprint density at radius 2 is 1.94 bits per heavy atom. The van der Waals surface area contributed by atoms with Gasteiger partial charge in [0.1, 0.15) is 6.61 Å². The first-order chi connectivity index (χ1) is 7.84. The Bertz CT molecular complexity index is 371. The lowest BCUT2D eigenvalue weighted by Gasteiger charge is -2.26. The van der Waals surface area contributed by atoms with Gasteiger partial charge in [-0.05, 0) is 17.5 Å². The van der Waals surface area contributed by atoms with Gasteiger partial charge in [0, 0.05) is 11.8 Å². The minimum atomic E-state index is -0.537. The van der Waals surface area contributed by atoms with Crippen LogP contribution < -0.4 is 15.2 Å². The highest BCUT2D eigenvalue weighted by Gasteiger charge is 2.23. The normalized spacial score (nSPS) is 13.2. The zero-order valence-corrected chi connectivity index (χ0v) is 10.9. The summed E-state index contributed by atoms with van der Waals surface area (Å²) < 4.78 is 10.7. The zero-order chi connectivity index (χ0) is 13.1. The minimum absolute atomic E-state index is 0.207. The monoisotopic (exact) mass is 239 g/mol. The summed E-state index contributed by atoms with van der Waals surface area (Å²) in [6.45, 7) is 6.10. The van der Waals surface area contributed by atoms with Crippen molar-refractivity contribution in [3.63, 3.8) is 0 Å². The fourth-order valence-corrected chi connectivity index (χ4v) is 1.22. The highest BCUT2D eigenvalue weighted by Crippen LogP contribution is 2.30. The van der Waals surface area contributed by atoms with E-state index >= 15 is 0 Å². The SMILES string of the molecule is COc1cc(N)ccc1OC[C@@H](O)C(C)(C)C. The predicted octanol–water partition coefficient (Wildman–Crippen LogP) is 2.06. The van der Waals surface area contributed by atoms with Crippen LogP contribution in [0.3, 0.4) is 0 Å². The standard InChI is InChI=1S/C13H21NO3/c1-13(2,3)12(15)8-17-10-6-5-9(14)7-11(10)16-4/h5-7,12,15H,8,14H2,1-4H3/t12-/m1/s1. The van der Waals surface area contributed by atoms with Crippen molar-refractivity contribution in [3.05, 3.63) is 18.2 Å². The first-order valence-electron chi connectivity index (χ1n) is 5.59. The molecular weight excluding hydrogens is 218 g/mol. The largest absolute Gasteiger partial charge is 0.493 e. The van der Waals surface area contributed by atoms with Gasteiger partial charge in [0.05, 0.1) is 13.2 Å². The van der Waals surface area contributed by atoms with Crippen LogP contribution in [-0.4, -0.2) is 24.9 Å². The number of ether oxygens (including phenoxy) is 2. The molecule has 0 spiro atoms. The van der Waals surface area contributed by atoms with E-state index in [0.29, 0.717) is 17.2 Å². The molecule has 0 heterocycles. The van der Waals surface area contributed by atoms with Crippen LogP contribution in [0.1, 0.15) is 20.8 Å². The van der Waals surface area contributed by atoms with Crippen LogP contribution in [0.25, 0.3) is 0 Å². The van der Waals surface area contributed by atoms with Gasteiger partial charge in [-0.1, -0.05) is 20.8 Å². The van der Waals surface area contributed by atoms with Gasteiger partial charge in [0.2, 0.25) is 0 Å². The molecule has 0 aliphatic heterocycles. The molecule has 0 unspecified atom stereocenters. The zero-order valence-electron chi connectivity index (χ0n) is 10.9. The van der Waals surface area contributed by atoms with E-state index in [1.165, 1.54) is 0 Å². The molecule has 0 aromatic heterocycles. The summed E-state index contributed by atoms with van der Waals surface area (Å²) >= 11 is 0. The molecule has 0 aliphatic carbocycles. The first-order valence-corrected chi connectivity index (χ1v) is 5.59. The Labute approximate surface area is 102 Å². The van der Waals surface area contributed by atoms with Crippen molar-refractivity contribution in [1.82, 2.24) is 0 Å². The van der Waals surface area contributed by atoms with Crippen molar-refractivity contribution in [1.29, 1.82) is 0 Å². The topological polar surface area (TPSA) is 64.7 Å². The molecule has 0 amide bonds. The van der Waals surface area contributed by atoms with Crippen molar-refractivity contribution in [2.75, 3.05) is 19.5 Å². The Morgan fingerprint density at radius 1 is 1.29 bits per heavy atom. The van der Waals surface area contributed by atoms with E-state index in [0.717, 1.165) is 0 Å². The van der Waals surface area contributed by atoms with Crippen molar-refractivity contribution in [2.45, 2.75) is 26.9 Å². The van der Waals surface area contributed by atoms with Crippen molar-refractivity contribution in [3.8, 4) is 11.5 Å². The number of hydrogen-bond acceptors (Lipinski definition) is 4. The smallest absolute Gasteiger partial charge is 0.162 e. The molecule has 96 valence electrons. The van der Waals surface area contributed by atoms with Crippen LogP contribution in [0.5, 0.6) is 11.5 Å². The Balaban J connectivity index is 2.69. The van der Waals surface area contributed by atoms with Crippen LogP contribution >= 0.6 is 0 Å². The van der Waals surface area contributed by atoms with E-state index < -0.39 is 6.10 Å². The number of rotatable bonds is 4. The van der Waals surface area contributed by atoms with Gasteiger partial charge in [0.25, 0.3) is 0 Å². The van der Waals surface area contributed by atoms with Gasteiger partial charge >= 0.3 is 0 Å². The first kappa shape index (κ1) is 13.6. The van der Waals surface area contributed by atoms with E-state index in [9.17, 15) is 5.11 Å². The Kier molecular flexibility index (Phi) is 4.23. The highest BCUT2D eigenvalue weighted by atomic mass is 16.5. The van der Waals surface area contributed by atoms with Crippen LogP contribution in [0, 0.1) is 5.41 Å². The van der Waals surface area contributed by atoms with Crippen LogP contribution in [0.2, 0.25) is 0 Å². The van der Waals surface area contributed by atoms with Gasteiger partial charge < -0.3 is 20.3 Å². The summed E-state index contributed by atoms with van der Waals surface area (Å²) in [4.78, 5) is 0. The second kappa shape index (κ2) is 5.27. The Morgan fingerprint density at radius 3 is 2.47 bits per heavy atom. The molecular formula is C13H21NO3. The van der Waals surface area contributed by atoms with Gasteiger partial charge in [-0.15, -0.1) is 0 Å². The fourth-order valence-electron chi connectivity index (χ4n) is 1.22. The van der Waals surface area contributed by atoms with Crippen LogP contribution in [-0.2, 0) is 0 Å². The van der Waals surface area contributed by atoms with Crippen LogP contribution in [0.4, 0.5) is 5.69 Å². The average molecular weight is 239 g/mol. The minimum Gasteiger partial charge on any atom is -0.493 e. The lowest BCUT2D eigenvalue weighted by atomic mass is 9.90. The van der Waals surface area contributed by atoms with Gasteiger partial charge in [-0.25, -0.2) is 0 Å². The molecule has 4 nitrogen and oxygen atoms in total. The number of benzene rings is 1. The average Bonchev–Trinajstić information content (AvgIpc) is 2.25. The third-order valence-corrected chi connectivity index (χ3v) is 2.58. The molecule has 0 bridgehead atoms. The second-order valence-corrected chi connectivity index (χ2v) is 5.10. The Hall–Kier alpha value is -1.42. The second-order valence-electron chi connectivity index (χ2n) is 5.10. The lowest BCUT2D eigenvalue weighted by Crippen LogP contribution is -2.31. The molecule has 0 radical (unpaired) electrons. The molecule has 0 aliphatic rings. The number of anilines is 1. The van der Waals surface area contributed by atoms with Gasteiger partial charge in [-0.2, -0.15) is 0 Å².